The van der Waals surface area contributed by atoms with Crippen LogP contribution < -0.4 is 5.32 Å². The number of hydrogen-bond acceptors (Lipinski definition) is 2. The normalized spacial score (nSPS) is 15.3. The molecule has 0 amide bonds. The largest absolute Gasteiger partial charge is 0.326 e. The predicted octanol–water partition coefficient (Wildman–Crippen LogP) is 2.78. The third kappa shape index (κ3) is 2.61. The number of hydrogen-bond donors (Lipinski definition) is 1. The number of benzene rings is 1. The first-order valence-electron chi connectivity index (χ1n) is 6.79. The molecule has 1 N–H and O–H groups in total. The molecule has 1 aromatic carbocycles. The van der Waals surface area contributed by atoms with Gasteiger partial charge in [0.25, 0.3) is 0 Å². The zero-order valence-corrected chi connectivity index (χ0v) is 11.3. The van der Waals surface area contributed by atoms with Crippen LogP contribution >= 0.6 is 0 Å². The smallest absolute Gasteiger partial charge is 0.0954 e. The lowest BCUT2D eigenvalue weighted by Gasteiger charge is -2.16. The molecular weight excluding hydrogens is 234 g/mol. The molecule has 3 nitrogen and oxygen atoms in total. The van der Waals surface area contributed by atoms with Gasteiger partial charge in [-0.15, -0.1) is 0 Å². The molecule has 0 saturated heterocycles. The molecule has 0 bridgehead atoms. The Morgan fingerprint density at radius 2 is 2.21 bits per heavy atom. The van der Waals surface area contributed by atoms with Crippen LogP contribution in [-0.2, 0) is 6.54 Å². The van der Waals surface area contributed by atoms with E-state index in [1.807, 2.05) is 12.5 Å². The minimum atomic E-state index is 0.950. The quantitative estimate of drug-likeness (QED) is 0.852. The maximum Gasteiger partial charge on any atom is 0.0954 e. The van der Waals surface area contributed by atoms with Crippen molar-refractivity contribution in [3.63, 3.8) is 0 Å². The van der Waals surface area contributed by atoms with Crippen molar-refractivity contribution in [3.8, 4) is 11.3 Å². The van der Waals surface area contributed by atoms with E-state index >= 15 is 0 Å². The van der Waals surface area contributed by atoms with Gasteiger partial charge in [-0.1, -0.05) is 35.9 Å². The zero-order valence-electron chi connectivity index (χ0n) is 11.3. The van der Waals surface area contributed by atoms with Crippen molar-refractivity contribution in [1.29, 1.82) is 0 Å². The highest BCUT2D eigenvalue weighted by Crippen LogP contribution is 2.23. The summed E-state index contributed by atoms with van der Waals surface area (Å²) < 4.78 is 2.25. The van der Waals surface area contributed by atoms with Crippen molar-refractivity contribution in [2.24, 2.45) is 0 Å². The second kappa shape index (κ2) is 5.41. The Labute approximate surface area is 114 Å². The molecule has 1 aliphatic rings. The molecule has 0 fully saturated rings. The molecule has 0 spiro atoms. The monoisotopic (exact) mass is 253 g/mol. The summed E-state index contributed by atoms with van der Waals surface area (Å²) in [6.07, 6.45) is 7.32. The third-order valence-electron chi connectivity index (χ3n) is 3.66. The summed E-state index contributed by atoms with van der Waals surface area (Å²) >= 11 is 0. The minimum absolute atomic E-state index is 0.950. The van der Waals surface area contributed by atoms with E-state index in [0.29, 0.717) is 0 Å². The van der Waals surface area contributed by atoms with Gasteiger partial charge in [0.1, 0.15) is 0 Å². The second-order valence-corrected chi connectivity index (χ2v) is 5.04. The fourth-order valence-corrected chi connectivity index (χ4v) is 2.56. The highest BCUT2D eigenvalue weighted by Gasteiger charge is 2.10. The van der Waals surface area contributed by atoms with Crippen LogP contribution in [0.2, 0.25) is 0 Å². The van der Waals surface area contributed by atoms with Gasteiger partial charge in [-0.25, -0.2) is 4.98 Å². The molecule has 3 rings (SSSR count). The van der Waals surface area contributed by atoms with Crippen molar-refractivity contribution in [1.82, 2.24) is 14.9 Å². The Hall–Kier alpha value is -1.87. The van der Waals surface area contributed by atoms with E-state index in [-0.39, 0.29) is 0 Å². The second-order valence-electron chi connectivity index (χ2n) is 5.04. The van der Waals surface area contributed by atoms with Crippen molar-refractivity contribution in [2.45, 2.75) is 19.9 Å². The standard InChI is InChI=1S/C16H19N3/c1-13-4-2-3-5-15(13)16-10-18-12-19(16)11-14-6-8-17-9-7-14/h2-6,10,12,17H,7-9,11H2,1H3. The van der Waals surface area contributed by atoms with Crippen LogP contribution in [0, 0.1) is 6.92 Å². The predicted molar refractivity (Wildman–Crippen MR) is 78.0 cm³/mol. The van der Waals surface area contributed by atoms with Gasteiger partial charge < -0.3 is 9.88 Å². The maximum atomic E-state index is 4.33. The van der Waals surface area contributed by atoms with Gasteiger partial charge in [-0.05, 0) is 25.5 Å². The summed E-state index contributed by atoms with van der Waals surface area (Å²) in [4.78, 5) is 4.33. The molecule has 2 aromatic rings. The number of rotatable bonds is 3. The third-order valence-corrected chi connectivity index (χ3v) is 3.66. The molecule has 1 aromatic heterocycles. The van der Waals surface area contributed by atoms with Crippen LogP contribution in [0.25, 0.3) is 11.3 Å². The van der Waals surface area contributed by atoms with Crippen molar-refractivity contribution >= 4 is 0 Å². The van der Waals surface area contributed by atoms with E-state index < -0.39 is 0 Å². The number of nitrogens with one attached hydrogen (secondary N) is 1. The molecule has 2 heterocycles. The van der Waals surface area contributed by atoms with Gasteiger partial charge in [0.2, 0.25) is 0 Å². The molecule has 0 saturated carbocycles. The topological polar surface area (TPSA) is 29.9 Å². The summed E-state index contributed by atoms with van der Waals surface area (Å²) in [5.41, 5.74) is 5.27. The van der Waals surface area contributed by atoms with Crippen molar-refractivity contribution < 1.29 is 0 Å². The van der Waals surface area contributed by atoms with Crippen LogP contribution in [0.4, 0.5) is 0 Å². The number of nitrogens with zero attached hydrogens (tertiary/aromatic N) is 2. The average Bonchev–Trinajstić information content (AvgIpc) is 2.88. The van der Waals surface area contributed by atoms with Gasteiger partial charge in [-0.2, -0.15) is 0 Å². The number of aromatic nitrogens is 2. The Morgan fingerprint density at radius 1 is 1.32 bits per heavy atom. The molecule has 1 aliphatic heterocycles. The molecule has 0 atom stereocenters. The van der Waals surface area contributed by atoms with Crippen molar-refractivity contribution in [3.05, 3.63) is 54.0 Å². The maximum absolute atomic E-state index is 4.33. The van der Waals surface area contributed by atoms with Crippen molar-refractivity contribution in [2.75, 3.05) is 13.1 Å². The van der Waals surface area contributed by atoms with Crippen LogP contribution in [0.5, 0.6) is 0 Å². The van der Waals surface area contributed by atoms with Crippen LogP contribution in [0.3, 0.4) is 0 Å². The molecular formula is C16H19N3. The van der Waals surface area contributed by atoms with E-state index in [2.05, 4.69) is 52.1 Å². The summed E-state index contributed by atoms with van der Waals surface area (Å²) in [5.74, 6) is 0. The molecule has 0 radical (unpaired) electrons. The molecule has 98 valence electrons. The fourth-order valence-electron chi connectivity index (χ4n) is 2.56. The van der Waals surface area contributed by atoms with E-state index in [1.54, 1.807) is 0 Å². The minimum Gasteiger partial charge on any atom is -0.326 e. The van der Waals surface area contributed by atoms with Crippen LogP contribution in [0.15, 0.2) is 48.4 Å². The highest BCUT2D eigenvalue weighted by atomic mass is 15.0. The van der Waals surface area contributed by atoms with Crippen LogP contribution in [0.1, 0.15) is 12.0 Å². The van der Waals surface area contributed by atoms with E-state index in [9.17, 15) is 0 Å². The SMILES string of the molecule is Cc1ccccc1-c1cncn1CC1=CCNCC1. The van der Waals surface area contributed by atoms with Gasteiger partial charge in [0.15, 0.2) is 0 Å². The number of imidazole rings is 1. The Kier molecular flexibility index (Phi) is 3.47. The summed E-state index contributed by atoms with van der Waals surface area (Å²) in [7, 11) is 0. The number of aryl methyl sites for hydroxylation is 1. The van der Waals surface area contributed by atoms with Gasteiger partial charge in [0.05, 0.1) is 18.2 Å². The summed E-state index contributed by atoms with van der Waals surface area (Å²) in [5, 5.41) is 3.35. The first-order valence-corrected chi connectivity index (χ1v) is 6.79. The molecule has 0 unspecified atom stereocenters. The first kappa shape index (κ1) is 12.2. The Bertz CT molecular complexity index is 596. The lowest BCUT2D eigenvalue weighted by atomic mass is 10.1. The van der Waals surface area contributed by atoms with E-state index in [0.717, 1.165) is 26.1 Å². The average molecular weight is 253 g/mol. The van der Waals surface area contributed by atoms with Gasteiger partial charge in [0, 0.05) is 18.7 Å². The summed E-state index contributed by atoms with van der Waals surface area (Å²) in [6, 6.07) is 8.48. The van der Waals surface area contributed by atoms with E-state index in [4.69, 9.17) is 0 Å². The van der Waals surface area contributed by atoms with Crippen LogP contribution in [-0.4, -0.2) is 22.6 Å². The Morgan fingerprint density at radius 3 is 3.00 bits per heavy atom. The van der Waals surface area contributed by atoms with Gasteiger partial charge >= 0.3 is 0 Å². The first-order chi connectivity index (χ1) is 9.34. The lowest BCUT2D eigenvalue weighted by Crippen LogP contribution is -2.22. The molecule has 0 aliphatic carbocycles. The molecule has 19 heavy (non-hydrogen) atoms. The van der Waals surface area contributed by atoms with Gasteiger partial charge in [-0.3, -0.25) is 0 Å². The molecule has 3 heteroatoms. The van der Waals surface area contributed by atoms with E-state index in [1.165, 1.54) is 22.4 Å². The highest BCUT2D eigenvalue weighted by molar-refractivity contribution is 5.63. The summed E-state index contributed by atoms with van der Waals surface area (Å²) in [6.45, 7) is 5.17. The fraction of sp³-hybridized carbons (Fsp3) is 0.312. The lowest BCUT2D eigenvalue weighted by molar-refractivity contribution is 0.652. The zero-order chi connectivity index (χ0) is 13.1. The Balaban J connectivity index is 1.90.